The maximum Gasteiger partial charge on any atom is 0.0490 e. The summed E-state index contributed by atoms with van der Waals surface area (Å²) in [6.45, 7) is 9.45. The van der Waals surface area contributed by atoms with E-state index in [2.05, 4.69) is 41.9 Å². The van der Waals surface area contributed by atoms with Crippen molar-refractivity contribution in [1.29, 1.82) is 0 Å². The molecule has 0 saturated carbocycles. The van der Waals surface area contributed by atoms with Gasteiger partial charge < -0.3 is 0 Å². The van der Waals surface area contributed by atoms with Crippen LogP contribution >= 0.6 is 0 Å². The highest BCUT2D eigenvalue weighted by Gasteiger charge is 2.25. The van der Waals surface area contributed by atoms with Crippen LogP contribution in [0.3, 0.4) is 0 Å². The van der Waals surface area contributed by atoms with Gasteiger partial charge in [0.1, 0.15) is 0 Å². The van der Waals surface area contributed by atoms with Crippen LogP contribution in [-0.2, 0) is 0 Å². The van der Waals surface area contributed by atoms with E-state index in [4.69, 9.17) is 0 Å². The van der Waals surface area contributed by atoms with Crippen LogP contribution in [0.25, 0.3) is 0 Å². The maximum absolute atomic E-state index is 4.07. The smallest absolute Gasteiger partial charge is 0.0490 e. The van der Waals surface area contributed by atoms with E-state index in [0.717, 1.165) is 5.92 Å². The van der Waals surface area contributed by atoms with E-state index < -0.39 is 0 Å². The quantitative estimate of drug-likeness (QED) is 0.870. The van der Waals surface area contributed by atoms with Gasteiger partial charge in [0.25, 0.3) is 0 Å². The van der Waals surface area contributed by atoms with Gasteiger partial charge in [-0.1, -0.05) is 13.8 Å². The predicted molar refractivity (Wildman–Crippen MR) is 71.1 cm³/mol. The minimum atomic E-state index is 0.654. The number of aromatic amines is 1. The second kappa shape index (κ2) is 5.67. The topological polar surface area (TPSA) is 31.9 Å². The number of H-pyrrole nitrogens is 1. The van der Waals surface area contributed by atoms with Crippen molar-refractivity contribution < 1.29 is 0 Å². The molecule has 1 saturated heterocycles. The molecule has 0 amide bonds. The number of likely N-dealkylation sites (tertiary alicyclic amines) is 1. The van der Waals surface area contributed by atoms with Gasteiger partial charge in [0, 0.05) is 30.4 Å². The minimum absolute atomic E-state index is 0.654. The van der Waals surface area contributed by atoms with Crippen molar-refractivity contribution in [3.05, 3.63) is 18.0 Å². The van der Waals surface area contributed by atoms with Gasteiger partial charge in [0.05, 0.1) is 0 Å². The third kappa shape index (κ3) is 3.32. The molecule has 2 atom stereocenters. The fourth-order valence-corrected chi connectivity index (χ4v) is 2.99. The first kappa shape index (κ1) is 12.6. The van der Waals surface area contributed by atoms with E-state index in [9.17, 15) is 0 Å². The Kier molecular flexibility index (Phi) is 4.21. The van der Waals surface area contributed by atoms with Crippen molar-refractivity contribution in [2.24, 2.45) is 5.92 Å². The zero-order valence-electron chi connectivity index (χ0n) is 11.3. The zero-order valence-corrected chi connectivity index (χ0v) is 11.3. The lowest BCUT2D eigenvalue weighted by atomic mass is 9.92. The van der Waals surface area contributed by atoms with Crippen LogP contribution in [0.5, 0.6) is 0 Å². The summed E-state index contributed by atoms with van der Waals surface area (Å²) < 4.78 is 0. The molecule has 17 heavy (non-hydrogen) atoms. The average Bonchev–Trinajstić information content (AvgIpc) is 2.82. The van der Waals surface area contributed by atoms with E-state index in [1.807, 2.05) is 6.20 Å². The van der Waals surface area contributed by atoms with Crippen molar-refractivity contribution in [3.63, 3.8) is 0 Å². The fraction of sp³-hybridized carbons (Fsp3) is 0.786. The Labute approximate surface area is 105 Å². The normalized spacial score (nSPS) is 24.1. The number of piperidine rings is 1. The molecule has 1 N–H and O–H groups in total. The average molecular weight is 235 g/mol. The van der Waals surface area contributed by atoms with E-state index in [0.29, 0.717) is 12.0 Å². The summed E-state index contributed by atoms with van der Waals surface area (Å²) in [5.74, 6) is 1.44. The Morgan fingerprint density at radius 1 is 1.47 bits per heavy atom. The molecule has 96 valence electrons. The zero-order chi connectivity index (χ0) is 12.3. The van der Waals surface area contributed by atoms with Gasteiger partial charge in [-0.25, -0.2) is 0 Å². The first-order valence-corrected chi connectivity index (χ1v) is 6.90. The Bertz CT molecular complexity index is 318. The van der Waals surface area contributed by atoms with Crippen LogP contribution in [0.1, 0.15) is 51.6 Å². The van der Waals surface area contributed by atoms with Crippen LogP contribution in [0.2, 0.25) is 0 Å². The molecule has 3 heteroatoms. The first-order valence-electron chi connectivity index (χ1n) is 6.90. The molecule has 3 nitrogen and oxygen atoms in total. The number of nitrogens with zero attached hydrogens (tertiary/aromatic N) is 2. The maximum atomic E-state index is 4.07. The van der Waals surface area contributed by atoms with Gasteiger partial charge in [-0.15, -0.1) is 0 Å². The van der Waals surface area contributed by atoms with Gasteiger partial charge in [-0.3, -0.25) is 10.00 Å². The molecule has 0 radical (unpaired) electrons. The van der Waals surface area contributed by atoms with E-state index in [1.165, 1.54) is 38.0 Å². The molecule has 1 aromatic heterocycles. The van der Waals surface area contributed by atoms with Crippen LogP contribution in [0.15, 0.2) is 12.3 Å². The van der Waals surface area contributed by atoms with Crippen molar-refractivity contribution in [1.82, 2.24) is 15.1 Å². The molecule has 0 bridgehead atoms. The van der Waals surface area contributed by atoms with Crippen molar-refractivity contribution in [3.8, 4) is 0 Å². The highest BCUT2D eigenvalue weighted by atomic mass is 15.2. The lowest BCUT2D eigenvalue weighted by molar-refractivity contribution is 0.141. The molecule has 1 aliphatic heterocycles. The third-order valence-corrected chi connectivity index (χ3v) is 3.85. The largest absolute Gasteiger partial charge is 0.300 e. The van der Waals surface area contributed by atoms with Crippen molar-refractivity contribution in [2.75, 3.05) is 13.1 Å². The van der Waals surface area contributed by atoms with Crippen LogP contribution in [-0.4, -0.2) is 34.2 Å². The molecule has 1 aliphatic rings. The van der Waals surface area contributed by atoms with Gasteiger partial charge in [0.2, 0.25) is 0 Å². The molecule has 2 heterocycles. The van der Waals surface area contributed by atoms with Crippen molar-refractivity contribution in [2.45, 2.75) is 52.0 Å². The highest BCUT2D eigenvalue weighted by molar-refractivity contribution is 5.07. The molecule has 2 rings (SSSR count). The number of nitrogens with one attached hydrogen (secondary N) is 1. The van der Waals surface area contributed by atoms with Crippen LogP contribution < -0.4 is 0 Å². The minimum Gasteiger partial charge on any atom is -0.300 e. The van der Waals surface area contributed by atoms with E-state index >= 15 is 0 Å². The number of rotatable bonds is 4. The predicted octanol–water partition coefficient (Wildman–Crippen LogP) is 3.02. The molecule has 1 aromatic rings. The summed E-state index contributed by atoms with van der Waals surface area (Å²) in [7, 11) is 0. The van der Waals surface area contributed by atoms with Crippen molar-refractivity contribution >= 4 is 0 Å². The molecular weight excluding hydrogens is 210 g/mol. The monoisotopic (exact) mass is 235 g/mol. The number of aromatic nitrogens is 2. The second-order valence-corrected chi connectivity index (χ2v) is 5.82. The Balaban J connectivity index is 1.93. The summed E-state index contributed by atoms with van der Waals surface area (Å²) in [5.41, 5.74) is 1.31. The summed E-state index contributed by atoms with van der Waals surface area (Å²) >= 11 is 0. The SMILES string of the molecule is CC(C)C[C@H](C)N1CCC[C@@H](c2ccn[nH]2)C1. The Hall–Kier alpha value is -0.830. The third-order valence-electron chi connectivity index (χ3n) is 3.85. The Morgan fingerprint density at radius 3 is 2.94 bits per heavy atom. The standard InChI is InChI=1S/C14H25N3/c1-11(2)9-12(3)17-8-4-5-13(10-17)14-6-7-15-16-14/h6-7,11-13H,4-5,8-10H2,1-3H3,(H,15,16)/t12-,13+/m0/s1. The summed E-state index contributed by atoms with van der Waals surface area (Å²) in [6.07, 6.45) is 5.78. The van der Waals surface area contributed by atoms with Gasteiger partial charge in [0.15, 0.2) is 0 Å². The van der Waals surface area contributed by atoms with E-state index in [-0.39, 0.29) is 0 Å². The Morgan fingerprint density at radius 2 is 2.29 bits per heavy atom. The number of hydrogen-bond acceptors (Lipinski definition) is 2. The lowest BCUT2D eigenvalue weighted by Crippen LogP contribution is -2.41. The van der Waals surface area contributed by atoms with Crippen LogP contribution in [0, 0.1) is 5.92 Å². The van der Waals surface area contributed by atoms with E-state index in [1.54, 1.807) is 0 Å². The molecule has 0 unspecified atom stereocenters. The second-order valence-electron chi connectivity index (χ2n) is 5.82. The lowest BCUT2D eigenvalue weighted by Gasteiger charge is -2.37. The molecular formula is C14H25N3. The van der Waals surface area contributed by atoms with Gasteiger partial charge in [-0.05, 0) is 44.7 Å². The summed E-state index contributed by atoms with van der Waals surface area (Å²) in [4.78, 5) is 2.65. The molecule has 0 aromatic carbocycles. The first-order chi connectivity index (χ1) is 8.16. The molecule has 0 spiro atoms. The van der Waals surface area contributed by atoms with Crippen LogP contribution in [0.4, 0.5) is 0 Å². The fourth-order valence-electron chi connectivity index (χ4n) is 2.99. The van der Waals surface area contributed by atoms with Gasteiger partial charge >= 0.3 is 0 Å². The highest BCUT2D eigenvalue weighted by Crippen LogP contribution is 2.27. The van der Waals surface area contributed by atoms with Gasteiger partial charge in [-0.2, -0.15) is 5.10 Å². The summed E-state index contributed by atoms with van der Waals surface area (Å²) in [5, 5.41) is 7.20. The molecule has 1 fully saturated rings. The summed E-state index contributed by atoms with van der Waals surface area (Å²) in [6, 6.07) is 2.84. The number of hydrogen-bond donors (Lipinski definition) is 1. The molecule has 0 aliphatic carbocycles.